The Morgan fingerprint density at radius 1 is 1.30 bits per heavy atom. The van der Waals surface area contributed by atoms with Crippen molar-refractivity contribution < 1.29 is 14.4 Å². The Kier molecular flexibility index (Phi) is 4.11. The number of unbranched alkanes of at least 4 members (excludes halogenated alkanes) is 1. The van der Waals surface area contributed by atoms with Gasteiger partial charge in [-0.25, -0.2) is 0 Å². The lowest BCUT2D eigenvalue weighted by atomic mass is 10.2. The summed E-state index contributed by atoms with van der Waals surface area (Å²) in [5.74, 6) is 0. The van der Waals surface area contributed by atoms with Gasteiger partial charge in [-0.3, -0.25) is 0 Å². The summed E-state index contributed by atoms with van der Waals surface area (Å²) >= 11 is 0. The van der Waals surface area contributed by atoms with E-state index in [1.807, 2.05) is 6.92 Å². The fourth-order valence-corrected chi connectivity index (χ4v) is 1.30. The lowest BCUT2D eigenvalue weighted by molar-refractivity contribution is 0.209. The van der Waals surface area contributed by atoms with E-state index >= 15 is 0 Å². The first kappa shape index (κ1) is 10.1. The Labute approximate surface area is 62.7 Å². The number of hydrogen-bond donors (Lipinski definition) is 3. The molecule has 3 N–H and O–H groups in total. The maximum Gasteiger partial charge on any atom is 0.495 e. The third-order valence-corrected chi connectivity index (χ3v) is 3.26. The molecule has 0 fully saturated rings. The van der Waals surface area contributed by atoms with E-state index in [9.17, 15) is 0 Å². The summed E-state index contributed by atoms with van der Waals surface area (Å²) in [7, 11) is -3.80. The van der Waals surface area contributed by atoms with E-state index in [-0.39, 0.29) is 5.54 Å². The smallest absolute Gasteiger partial charge is 0.390 e. The van der Waals surface area contributed by atoms with Gasteiger partial charge in [-0.05, 0) is 6.42 Å². The molecule has 1 unspecified atom stereocenters. The van der Waals surface area contributed by atoms with Crippen LogP contribution in [0, 0.1) is 0 Å². The summed E-state index contributed by atoms with van der Waals surface area (Å²) in [5.41, 5.74) is -0.326. The van der Waals surface area contributed by atoms with Gasteiger partial charge in [0.25, 0.3) is 0 Å². The van der Waals surface area contributed by atoms with Gasteiger partial charge in [-0.15, -0.1) is 0 Å². The quantitative estimate of drug-likeness (QED) is 0.530. The second-order valence-corrected chi connectivity index (χ2v) is 5.09. The predicted octanol–water partition coefficient (Wildman–Crippen LogP) is 0.482. The average molecular weight is 164 g/mol. The minimum atomic E-state index is -3.80. The van der Waals surface area contributed by atoms with Gasteiger partial charge in [0.15, 0.2) is 0 Å². The van der Waals surface area contributed by atoms with Crippen molar-refractivity contribution in [3.8, 4) is 0 Å². The minimum absolute atomic E-state index is 0.326. The summed E-state index contributed by atoms with van der Waals surface area (Å²) in [6.07, 6.45) is 2.67. The van der Waals surface area contributed by atoms with E-state index in [0.717, 1.165) is 12.8 Å². The highest BCUT2D eigenvalue weighted by Crippen LogP contribution is 2.19. The zero-order valence-electron chi connectivity index (χ0n) is 6.54. The fraction of sp³-hybridized carbons (Fsp3) is 1.00. The van der Waals surface area contributed by atoms with Crippen molar-refractivity contribution in [1.29, 1.82) is 0 Å². The van der Waals surface area contributed by atoms with Crippen LogP contribution >= 0.6 is 0 Å². The molecule has 0 radical (unpaired) electrons. The van der Waals surface area contributed by atoms with Crippen LogP contribution in [0.4, 0.5) is 0 Å². The highest BCUT2D eigenvalue weighted by molar-refractivity contribution is 6.57. The van der Waals surface area contributed by atoms with Crippen LogP contribution in [0.15, 0.2) is 0 Å². The Morgan fingerprint density at radius 3 is 2.10 bits per heavy atom. The van der Waals surface area contributed by atoms with Gasteiger partial charge in [0, 0.05) is 5.54 Å². The highest BCUT2D eigenvalue weighted by Gasteiger charge is 2.34. The van der Waals surface area contributed by atoms with Crippen molar-refractivity contribution in [2.24, 2.45) is 0 Å². The maximum atomic E-state index is 8.76. The van der Waals surface area contributed by atoms with E-state index in [4.69, 9.17) is 14.4 Å². The Balaban J connectivity index is 3.52. The highest BCUT2D eigenvalue weighted by atomic mass is 28.4. The molecule has 0 heterocycles. The molecule has 1 atom stereocenters. The molecule has 3 nitrogen and oxygen atoms in total. The van der Waals surface area contributed by atoms with Crippen LogP contribution < -0.4 is 0 Å². The third-order valence-electron chi connectivity index (χ3n) is 1.65. The van der Waals surface area contributed by atoms with Gasteiger partial charge in [0.1, 0.15) is 0 Å². The van der Waals surface area contributed by atoms with Crippen LogP contribution in [-0.4, -0.2) is 23.2 Å². The SMILES string of the molecule is CCCCC(C)[Si](O)(O)O. The summed E-state index contributed by atoms with van der Waals surface area (Å²) in [4.78, 5) is 26.3. The number of hydrogen-bond acceptors (Lipinski definition) is 3. The fourth-order valence-electron chi connectivity index (χ4n) is 0.704. The third kappa shape index (κ3) is 4.00. The first-order chi connectivity index (χ1) is 4.48. The zero-order valence-corrected chi connectivity index (χ0v) is 7.54. The summed E-state index contributed by atoms with van der Waals surface area (Å²) in [6.45, 7) is 3.70. The Hall–Kier alpha value is 0.0969. The largest absolute Gasteiger partial charge is 0.495 e. The topological polar surface area (TPSA) is 60.7 Å². The monoisotopic (exact) mass is 164 g/mol. The van der Waals surface area contributed by atoms with E-state index in [1.54, 1.807) is 6.92 Å². The molecule has 0 aliphatic rings. The molecule has 0 bridgehead atoms. The lowest BCUT2D eigenvalue weighted by Gasteiger charge is -2.16. The van der Waals surface area contributed by atoms with Crippen molar-refractivity contribution in [2.45, 2.75) is 38.7 Å². The normalized spacial score (nSPS) is 15.3. The van der Waals surface area contributed by atoms with Crippen LogP contribution in [-0.2, 0) is 0 Å². The van der Waals surface area contributed by atoms with Gasteiger partial charge >= 0.3 is 8.80 Å². The standard InChI is InChI=1S/C6H16O3Si/c1-3-4-5-6(2)10(7,8)9/h6-9H,3-5H2,1-2H3. The van der Waals surface area contributed by atoms with Crippen molar-refractivity contribution in [2.75, 3.05) is 0 Å². The van der Waals surface area contributed by atoms with Crippen LogP contribution in [0.1, 0.15) is 33.1 Å². The molecular weight excluding hydrogens is 148 g/mol. The lowest BCUT2D eigenvalue weighted by Crippen LogP contribution is -2.39. The van der Waals surface area contributed by atoms with Crippen LogP contribution in [0.2, 0.25) is 5.54 Å². The van der Waals surface area contributed by atoms with E-state index in [0.29, 0.717) is 6.42 Å². The number of rotatable bonds is 4. The van der Waals surface area contributed by atoms with Crippen LogP contribution in [0.5, 0.6) is 0 Å². The second-order valence-electron chi connectivity index (χ2n) is 2.73. The molecule has 0 aromatic heterocycles. The average Bonchev–Trinajstić information content (AvgIpc) is 1.80. The molecule has 0 aromatic carbocycles. The van der Waals surface area contributed by atoms with E-state index in [1.165, 1.54) is 0 Å². The van der Waals surface area contributed by atoms with Crippen molar-refractivity contribution in [1.82, 2.24) is 0 Å². The van der Waals surface area contributed by atoms with Crippen molar-refractivity contribution in [3.05, 3.63) is 0 Å². The van der Waals surface area contributed by atoms with Gasteiger partial charge in [0.2, 0.25) is 0 Å². The predicted molar refractivity (Wildman–Crippen MR) is 41.4 cm³/mol. The second kappa shape index (κ2) is 4.08. The Morgan fingerprint density at radius 2 is 1.80 bits per heavy atom. The van der Waals surface area contributed by atoms with Crippen LogP contribution in [0.3, 0.4) is 0 Å². The molecular formula is C6H16O3Si. The van der Waals surface area contributed by atoms with Crippen LogP contribution in [0.25, 0.3) is 0 Å². The Bertz CT molecular complexity index is 89.5. The van der Waals surface area contributed by atoms with Gasteiger partial charge in [0.05, 0.1) is 0 Å². The minimum Gasteiger partial charge on any atom is -0.390 e. The van der Waals surface area contributed by atoms with Crippen molar-refractivity contribution in [3.63, 3.8) is 0 Å². The first-order valence-electron chi connectivity index (χ1n) is 3.65. The molecule has 4 heteroatoms. The molecule has 0 aliphatic carbocycles. The molecule has 0 amide bonds. The molecule has 0 aromatic rings. The van der Waals surface area contributed by atoms with Gasteiger partial charge < -0.3 is 14.4 Å². The van der Waals surface area contributed by atoms with Gasteiger partial charge in [-0.2, -0.15) is 0 Å². The molecule has 0 saturated carbocycles. The summed E-state index contributed by atoms with van der Waals surface area (Å²) in [6, 6.07) is 0. The molecule has 10 heavy (non-hydrogen) atoms. The maximum absolute atomic E-state index is 8.76. The van der Waals surface area contributed by atoms with Gasteiger partial charge in [-0.1, -0.05) is 26.7 Å². The molecule has 0 aliphatic heterocycles. The molecule has 0 spiro atoms. The molecule has 62 valence electrons. The summed E-state index contributed by atoms with van der Waals surface area (Å²) in [5, 5.41) is 0. The summed E-state index contributed by atoms with van der Waals surface area (Å²) < 4.78 is 0. The van der Waals surface area contributed by atoms with E-state index in [2.05, 4.69) is 0 Å². The molecule has 0 saturated heterocycles. The van der Waals surface area contributed by atoms with Crippen molar-refractivity contribution >= 4 is 8.80 Å². The van der Waals surface area contributed by atoms with E-state index < -0.39 is 8.80 Å². The molecule has 0 rings (SSSR count). The zero-order chi connectivity index (χ0) is 8.20. The first-order valence-corrected chi connectivity index (χ1v) is 5.57.